The molecule has 9 heteroatoms. The maximum atomic E-state index is 6.21. The first-order valence-electron chi connectivity index (χ1n) is 8.32. The summed E-state index contributed by atoms with van der Waals surface area (Å²) in [5, 5.41) is 4.51. The lowest BCUT2D eigenvalue weighted by molar-refractivity contribution is 0.432. The van der Waals surface area contributed by atoms with Crippen LogP contribution in [0.3, 0.4) is 0 Å². The lowest BCUT2D eigenvalue weighted by Gasteiger charge is -2.16. The van der Waals surface area contributed by atoms with Crippen molar-refractivity contribution in [3.05, 3.63) is 42.1 Å². The van der Waals surface area contributed by atoms with E-state index in [0.29, 0.717) is 16.9 Å². The summed E-state index contributed by atoms with van der Waals surface area (Å²) in [7, 11) is 0. The summed E-state index contributed by atoms with van der Waals surface area (Å²) in [6.45, 7) is 1.97. The van der Waals surface area contributed by atoms with E-state index in [1.807, 2.05) is 16.7 Å². The number of halogens is 1. The highest BCUT2D eigenvalue weighted by atomic mass is 35.5. The molecule has 5 heterocycles. The highest BCUT2D eigenvalue weighted by Gasteiger charge is 2.19. The molecule has 8 nitrogen and oxygen atoms in total. The van der Waals surface area contributed by atoms with Gasteiger partial charge in [0.1, 0.15) is 16.7 Å². The topological polar surface area (TPSA) is 85.2 Å². The molecule has 0 aliphatic carbocycles. The van der Waals surface area contributed by atoms with Crippen molar-refractivity contribution in [2.75, 3.05) is 18.0 Å². The van der Waals surface area contributed by atoms with E-state index in [1.165, 1.54) is 0 Å². The smallest absolute Gasteiger partial charge is 0.258 e. The monoisotopic (exact) mass is 367 g/mol. The third kappa shape index (κ3) is 2.59. The van der Waals surface area contributed by atoms with Gasteiger partial charge >= 0.3 is 0 Å². The van der Waals surface area contributed by atoms with Gasteiger partial charge in [0.25, 0.3) is 5.89 Å². The maximum absolute atomic E-state index is 6.21. The van der Waals surface area contributed by atoms with Gasteiger partial charge in [0, 0.05) is 31.0 Å². The van der Waals surface area contributed by atoms with Crippen LogP contribution in [0.5, 0.6) is 0 Å². The normalized spacial score (nSPS) is 14.4. The molecule has 1 aliphatic heterocycles. The first-order valence-corrected chi connectivity index (χ1v) is 8.70. The van der Waals surface area contributed by atoms with Crippen molar-refractivity contribution in [2.24, 2.45) is 0 Å². The number of aromatic nitrogens is 6. The molecule has 130 valence electrons. The van der Waals surface area contributed by atoms with Gasteiger partial charge in [-0.05, 0) is 25.0 Å². The average Bonchev–Trinajstić information content (AvgIpc) is 3.40. The number of pyridine rings is 1. The standard InChI is InChI=1S/C17H14ClN7O/c18-13-7-11(8-14(21-13)24-4-1-2-5-24)17-22-16(23-26-17)12-9-20-15-10-19-3-6-25(12)15/h3,6-10H,1-2,4-5H2. The van der Waals surface area contributed by atoms with Crippen molar-refractivity contribution in [3.8, 4) is 23.0 Å². The molecule has 0 radical (unpaired) electrons. The Kier molecular flexibility index (Phi) is 3.56. The van der Waals surface area contributed by atoms with Gasteiger partial charge in [0.15, 0.2) is 5.65 Å². The zero-order valence-electron chi connectivity index (χ0n) is 13.7. The number of anilines is 1. The van der Waals surface area contributed by atoms with E-state index in [2.05, 4.69) is 30.0 Å². The quantitative estimate of drug-likeness (QED) is 0.514. The van der Waals surface area contributed by atoms with Gasteiger partial charge in [-0.1, -0.05) is 16.8 Å². The van der Waals surface area contributed by atoms with Gasteiger partial charge in [-0.25, -0.2) is 9.97 Å². The fourth-order valence-electron chi connectivity index (χ4n) is 3.17. The number of fused-ring (bicyclic) bond motifs is 1. The van der Waals surface area contributed by atoms with E-state index in [0.717, 1.165) is 48.7 Å². The molecular weight excluding hydrogens is 354 g/mol. The van der Waals surface area contributed by atoms with Gasteiger partial charge in [0.2, 0.25) is 5.82 Å². The van der Waals surface area contributed by atoms with Crippen molar-refractivity contribution < 1.29 is 4.52 Å². The molecule has 26 heavy (non-hydrogen) atoms. The van der Waals surface area contributed by atoms with E-state index in [4.69, 9.17) is 16.1 Å². The first kappa shape index (κ1) is 15.3. The summed E-state index contributed by atoms with van der Waals surface area (Å²) in [6, 6.07) is 3.67. The molecule has 0 unspecified atom stereocenters. The highest BCUT2D eigenvalue weighted by Crippen LogP contribution is 2.29. The summed E-state index contributed by atoms with van der Waals surface area (Å²) in [5.41, 5.74) is 2.20. The zero-order chi connectivity index (χ0) is 17.5. The van der Waals surface area contributed by atoms with Crippen molar-refractivity contribution >= 4 is 23.1 Å². The van der Waals surface area contributed by atoms with Crippen LogP contribution >= 0.6 is 11.6 Å². The summed E-state index contributed by atoms with van der Waals surface area (Å²) >= 11 is 6.21. The second-order valence-electron chi connectivity index (χ2n) is 6.10. The predicted molar refractivity (Wildman–Crippen MR) is 96.0 cm³/mol. The molecule has 0 spiro atoms. The van der Waals surface area contributed by atoms with Crippen LogP contribution in [0.2, 0.25) is 5.15 Å². The van der Waals surface area contributed by atoms with Crippen LogP contribution in [0, 0.1) is 0 Å². The maximum Gasteiger partial charge on any atom is 0.258 e. The Labute approximate surface area is 153 Å². The van der Waals surface area contributed by atoms with Crippen LogP contribution in [-0.4, -0.2) is 42.6 Å². The Morgan fingerprint density at radius 2 is 1.96 bits per heavy atom. The molecule has 1 aliphatic rings. The van der Waals surface area contributed by atoms with Gasteiger partial charge < -0.3 is 9.42 Å². The fraction of sp³-hybridized carbons (Fsp3) is 0.235. The summed E-state index contributed by atoms with van der Waals surface area (Å²) < 4.78 is 7.33. The molecule has 0 amide bonds. The molecule has 0 bridgehead atoms. The molecule has 0 N–H and O–H groups in total. The Balaban J connectivity index is 1.54. The lowest BCUT2D eigenvalue weighted by atomic mass is 10.2. The number of hydrogen-bond acceptors (Lipinski definition) is 7. The third-order valence-corrected chi connectivity index (χ3v) is 4.62. The van der Waals surface area contributed by atoms with E-state index in [9.17, 15) is 0 Å². The second kappa shape index (κ2) is 6.06. The molecule has 4 aromatic rings. The average molecular weight is 368 g/mol. The molecule has 4 aromatic heterocycles. The largest absolute Gasteiger partial charge is 0.357 e. The molecule has 1 fully saturated rings. The van der Waals surface area contributed by atoms with E-state index in [1.54, 1.807) is 24.7 Å². The van der Waals surface area contributed by atoms with Crippen LogP contribution in [0.25, 0.3) is 28.6 Å². The molecule has 5 rings (SSSR count). The zero-order valence-corrected chi connectivity index (χ0v) is 14.5. The molecule has 0 atom stereocenters. The number of nitrogens with zero attached hydrogens (tertiary/aromatic N) is 7. The Hall–Kier alpha value is -3.00. The minimum atomic E-state index is 0.397. The van der Waals surface area contributed by atoms with E-state index < -0.39 is 0 Å². The third-order valence-electron chi connectivity index (χ3n) is 4.43. The molecule has 1 saturated heterocycles. The van der Waals surface area contributed by atoms with Gasteiger partial charge in [0.05, 0.1) is 12.4 Å². The Morgan fingerprint density at radius 3 is 2.85 bits per heavy atom. The number of rotatable bonds is 3. The molecule has 0 saturated carbocycles. The van der Waals surface area contributed by atoms with Gasteiger partial charge in [-0.2, -0.15) is 4.98 Å². The van der Waals surface area contributed by atoms with Crippen LogP contribution in [0.15, 0.2) is 41.4 Å². The van der Waals surface area contributed by atoms with Crippen LogP contribution in [-0.2, 0) is 0 Å². The SMILES string of the molecule is Clc1cc(-c2nc(-c3cnc4cnccn34)no2)cc(N2CCCC2)n1. The van der Waals surface area contributed by atoms with Crippen molar-refractivity contribution in [1.29, 1.82) is 0 Å². The minimum Gasteiger partial charge on any atom is -0.357 e. The summed E-state index contributed by atoms with van der Waals surface area (Å²) in [5.74, 6) is 1.69. The first-order chi connectivity index (χ1) is 12.8. The lowest BCUT2D eigenvalue weighted by Crippen LogP contribution is -2.18. The summed E-state index contributed by atoms with van der Waals surface area (Å²) in [4.78, 5) is 19.5. The van der Waals surface area contributed by atoms with Crippen LogP contribution in [0.1, 0.15) is 12.8 Å². The van der Waals surface area contributed by atoms with Crippen LogP contribution in [0.4, 0.5) is 5.82 Å². The highest BCUT2D eigenvalue weighted by molar-refractivity contribution is 6.29. The molecular formula is C17H14ClN7O. The Morgan fingerprint density at radius 1 is 1.08 bits per heavy atom. The predicted octanol–water partition coefficient (Wildman–Crippen LogP) is 3.09. The van der Waals surface area contributed by atoms with Crippen molar-refractivity contribution in [2.45, 2.75) is 12.8 Å². The second-order valence-corrected chi connectivity index (χ2v) is 6.49. The van der Waals surface area contributed by atoms with E-state index >= 15 is 0 Å². The van der Waals surface area contributed by atoms with Crippen molar-refractivity contribution in [3.63, 3.8) is 0 Å². The summed E-state index contributed by atoms with van der Waals surface area (Å²) in [6.07, 6.45) is 9.19. The number of hydrogen-bond donors (Lipinski definition) is 0. The molecule has 0 aromatic carbocycles. The van der Waals surface area contributed by atoms with Crippen LogP contribution < -0.4 is 4.90 Å². The van der Waals surface area contributed by atoms with Gasteiger partial charge in [-0.15, -0.1) is 0 Å². The number of imidazole rings is 1. The fourth-order valence-corrected chi connectivity index (χ4v) is 3.37. The van der Waals surface area contributed by atoms with Crippen molar-refractivity contribution in [1.82, 2.24) is 29.5 Å². The van der Waals surface area contributed by atoms with E-state index in [-0.39, 0.29) is 0 Å². The minimum absolute atomic E-state index is 0.397. The Bertz CT molecular complexity index is 1080. The van der Waals surface area contributed by atoms with Gasteiger partial charge in [-0.3, -0.25) is 9.38 Å².